The summed E-state index contributed by atoms with van der Waals surface area (Å²) >= 11 is 0. The number of hydrogen-bond donors (Lipinski definition) is 0. The van der Waals surface area contributed by atoms with Gasteiger partial charge >= 0.3 is 5.97 Å². The van der Waals surface area contributed by atoms with Crippen molar-refractivity contribution in [3.8, 4) is 5.75 Å². The van der Waals surface area contributed by atoms with Crippen molar-refractivity contribution in [3.05, 3.63) is 101 Å². The zero-order valence-electron chi connectivity index (χ0n) is 17.5. The Kier molecular flexibility index (Phi) is 6.62. The number of benzene rings is 3. The number of ether oxygens (including phenoxy) is 2. The highest BCUT2D eigenvalue weighted by molar-refractivity contribution is 6.43. The van der Waals surface area contributed by atoms with E-state index in [1.54, 1.807) is 12.1 Å². The van der Waals surface area contributed by atoms with Crippen molar-refractivity contribution in [2.24, 2.45) is 5.16 Å². The summed E-state index contributed by atoms with van der Waals surface area (Å²) in [5.74, 6) is 0.688. The normalized spacial score (nSPS) is 15.3. The molecule has 0 spiro atoms. The van der Waals surface area contributed by atoms with Crippen LogP contribution in [0.5, 0.6) is 5.75 Å². The molecule has 0 heterocycles. The van der Waals surface area contributed by atoms with E-state index in [4.69, 9.17) is 14.3 Å². The van der Waals surface area contributed by atoms with E-state index >= 15 is 0 Å². The van der Waals surface area contributed by atoms with E-state index in [1.807, 2.05) is 30.3 Å². The first-order valence-electron chi connectivity index (χ1n) is 10.4. The zero-order chi connectivity index (χ0) is 21.5. The Balaban J connectivity index is 1.30. The molecule has 0 aliphatic heterocycles. The molecule has 1 aliphatic carbocycles. The van der Waals surface area contributed by atoms with E-state index in [2.05, 4.69) is 41.6 Å². The van der Waals surface area contributed by atoms with Crippen LogP contribution in [-0.2, 0) is 20.8 Å². The fourth-order valence-electron chi connectivity index (χ4n) is 3.91. The third kappa shape index (κ3) is 4.94. The van der Waals surface area contributed by atoms with Gasteiger partial charge in [-0.15, -0.1) is 0 Å². The fraction of sp³-hybridized carbons (Fsp3) is 0.231. The molecule has 0 bridgehead atoms. The molecule has 5 heteroatoms. The molecule has 0 aromatic heterocycles. The molecule has 158 valence electrons. The van der Waals surface area contributed by atoms with Crippen molar-refractivity contribution in [1.29, 1.82) is 0 Å². The van der Waals surface area contributed by atoms with Crippen molar-refractivity contribution in [2.75, 3.05) is 20.3 Å². The first-order chi connectivity index (χ1) is 15.3. The van der Waals surface area contributed by atoms with Gasteiger partial charge in [0.2, 0.25) is 0 Å². The number of fused-ring (bicyclic) bond motifs is 1. The average molecular weight is 415 g/mol. The van der Waals surface area contributed by atoms with Crippen molar-refractivity contribution in [1.82, 2.24) is 0 Å². The Labute approximate surface area is 182 Å². The number of hydrogen-bond acceptors (Lipinski definition) is 5. The van der Waals surface area contributed by atoms with Crippen molar-refractivity contribution >= 4 is 11.7 Å². The highest BCUT2D eigenvalue weighted by atomic mass is 16.6. The van der Waals surface area contributed by atoms with Gasteiger partial charge in [-0.3, -0.25) is 0 Å². The molecule has 4 rings (SSSR count). The maximum absolute atomic E-state index is 12.0. The van der Waals surface area contributed by atoms with Gasteiger partial charge in [0.25, 0.3) is 0 Å². The smallest absolute Gasteiger partial charge is 0.360 e. The molecule has 0 N–H and O–H groups in total. The average Bonchev–Trinajstić information content (AvgIpc) is 3.26. The minimum Gasteiger partial charge on any atom is -0.490 e. The second-order valence-corrected chi connectivity index (χ2v) is 7.34. The van der Waals surface area contributed by atoms with Gasteiger partial charge in [-0.05, 0) is 41.7 Å². The van der Waals surface area contributed by atoms with Crippen LogP contribution in [-0.4, -0.2) is 32.0 Å². The Morgan fingerprint density at radius 3 is 2.45 bits per heavy atom. The molecule has 1 aliphatic rings. The number of nitrogens with zero attached hydrogens (tertiary/aromatic N) is 1. The van der Waals surface area contributed by atoms with E-state index in [0.29, 0.717) is 18.1 Å². The molecular formula is C26H25NO4. The van der Waals surface area contributed by atoms with Gasteiger partial charge in [0.15, 0.2) is 12.3 Å². The molecule has 0 fully saturated rings. The monoisotopic (exact) mass is 415 g/mol. The van der Waals surface area contributed by atoms with Gasteiger partial charge in [-0.25, -0.2) is 4.79 Å². The van der Waals surface area contributed by atoms with Crippen LogP contribution in [0.3, 0.4) is 0 Å². The first-order valence-corrected chi connectivity index (χ1v) is 10.4. The lowest BCUT2D eigenvalue weighted by Gasteiger charge is -2.13. The summed E-state index contributed by atoms with van der Waals surface area (Å²) in [6.07, 6.45) is 2.28. The standard InChI is InChI=1S/C26H25NO4/c1-29-26(28)25(21-8-3-2-4-9-21)27-31-18-17-30-22-14-11-20(12-15-22)24-16-13-19-7-5-6-10-23(19)24/h2-12,14-15,24H,13,16-18H2,1H3/b27-25-. The molecule has 3 aromatic carbocycles. The molecule has 1 unspecified atom stereocenters. The maximum Gasteiger partial charge on any atom is 0.360 e. The van der Waals surface area contributed by atoms with E-state index < -0.39 is 5.97 Å². The summed E-state index contributed by atoms with van der Waals surface area (Å²) in [4.78, 5) is 17.3. The van der Waals surface area contributed by atoms with Crippen LogP contribution in [0.15, 0.2) is 84.0 Å². The number of methoxy groups -OCH3 is 1. The number of aryl methyl sites for hydroxylation is 1. The molecule has 0 radical (unpaired) electrons. The van der Waals surface area contributed by atoms with Crippen molar-refractivity contribution < 1.29 is 19.1 Å². The number of carbonyl (C=O) groups is 1. The largest absolute Gasteiger partial charge is 0.490 e. The Bertz CT molecular complexity index is 1040. The van der Waals surface area contributed by atoms with Crippen LogP contribution >= 0.6 is 0 Å². The molecule has 0 amide bonds. The van der Waals surface area contributed by atoms with Crippen LogP contribution in [0.25, 0.3) is 0 Å². The van der Waals surface area contributed by atoms with Crippen LogP contribution in [0.4, 0.5) is 0 Å². The fourth-order valence-corrected chi connectivity index (χ4v) is 3.91. The first kappa shape index (κ1) is 20.7. The van der Waals surface area contributed by atoms with Crippen molar-refractivity contribution in [3.63, 3.8) is 0 Å². The van der Waals surface area contributed by atoms with E-state index in [-0.39, 0.29) is 12.3 Å². The number of carbonyl (C=O) groups excluding carboxylic acids is 1. The lowest BCUT2D eigenvalue weighted by Crippen LogP contribution is -2.18. The summed E-state index contributed by atoms with van der Waals surface area (Å²) in [6, 6.07) is 26.0. The lowest BCUT2D eigenvalue weighted by molar-refractivity contribution is -0.132. The highest BCUT2D eigenvalue weighted by Crippen LogP contribution is 2.38. The summed E-state index contributed by atoms with van der Waals surface area (Å²) in [6.45, 7) is 0.531. The zero-order valence-corrected chi connectivity index (χ0v) is 17.5. The predicted molar refractivity (Wildman–Crippen MR) is 119 cm³/mol. The SMILES string of the molecule is COC(=O)/C(=N\OCCOc1ccc(C2CCc3ccccc32)cc1)c1ccccc1. The summed E-state index contributed by atoms with van der Waals surface area (Å²) in [5.41, 5.74) is 4.96. The van der Waals surface area contributed by atoms with Gasteiger partial charge in [0.05, 0.1) is 7.11 Å². The minimum atomic E-state index is -0.545. The molecule has 1 atom stereocenters. The summed E-state index contributed by atoms with van der Waals surface area (Å²) < 4.78 is 10.5. The van der Waals surface area contributed by atoms with Crippen molar-refractivity contribution in [2.45, 2.75) is 18.8 Å². The molecule has 31 heavy (non-hydrogen) atoms. The second kappa shape index (κ2) is 9.94. The third-order valence-electron chi connectivity index (χ3n) is 5.44. The van der Waals surface area contributed by atoms with Crippen LogP contribution in [0, 0.1) is 0 Å². The Morgan fingerprint density at radius 2 is 1.68 bits per heavy atom. The molecule has 0 saturated carbocycles. The van der Waals surface area contributed by atoms with Gasteiger partial charge in [-0.1, -0.05) is 71.9 Å². The quantitative estimate of drug-likeness (QED) is 0.231. The second-order valence-electron chi connectivity index (χ2n) is 7.34. The third-order valence-corrected chi connectivity index (χ3v) is 5.44. The van der Waals surface area contributed by atoms with E-state index in [0.717, 1.165) is 18.6 Å². The highest BCUT2D eigenvalue weighted by Gasteiger charge is 2.23. The van der Waals surface area contributed by atoms with Gasteiger partial charge in [0, 0.05) is 11.5 Å². The maximum atomic E-state index is 12.0. The molecule has 5 nitrogen and oxygen atoms in total. The summed E-state index contributed by atoms with van der Waals surface area (Å²) in [5, 5.41) is 3.95. The minimum absolute atomic E-state index is 0.129. The number of rotatable bonds is 8. The van der Waals surface area contributed by atoms with Crippen LogP contribution in [0.1, 0.15) is 34.6 Å². The topological polar surface area (TPSA) is 57.1 Å². The Morgan fingerprint density at radius 1 is 0.935 bits per heavy atom. The number of oxime groups is 1. The lowest BCUT2D eigenvalue weighted by atomic mass is 9.93. The number of esters is 1. The van der Waals surface area contributed by atoms with Crippen LogP contribution < -0.4 is 4.74 Å². The molecular weight excluding hydrogens is 390 g/mol. The summed E-state index contributed by atoms with van der Waals surface area (Å²) in [7, 11) is 1.32. The Hall–Kier alpha value is -3.60. The van der Waals surface area contributed by atoms with Gasteiger partial charge in [-0.2, -0.15) is 0 Å². The van der Waals surface area contributed by atoms with Crippen LogP contribution in [0.2, 0.25) is 0 Å². The molecule has 0 saturated heterocycles. The van der Waals surface area contributed by atoms with E-state index in [9.17, 15) is 4.79 Å². The molecule has 3 aromatic rings. The van der Waals surface area contributed by atoms with Gasteiger partial charge in [0.1, 0.15) is 12.4 Å². The van der Waals surface area contributed by atoms with E-state index in [1.165, 1.54) is 23.8 Å². The van der Waals surface area contributed by atoms with Gasteiger partial charge < -0.3 is 14.3 Å². The predicted octanol–water partition coefficient (Wildman–Crippen LogP) is 4.74.